The molecule has 0 bridgehead atoms. The van der Waals surface area contributed by atoms with Crippen molar-refractivity contribution in [3.8, 4) is 6.07 Å². The predicted molar refractivity (Wildman–Crippen MR) is 55.1 cm³/mol. The van der Waals surface area contributed by atoms with Crippen LogP contribution in [0.4, 0.5) is 0 Å². The summed E-state index contributed by atoms with van der Waals surface area (Å²) in [4.78, 5) is 11.3. The maximum absolute atomic E-state index is 11.3. The number of carbonyl (C=O) groups is 1. The van der Waals surface area contributed by atoms with Gasteiger partial charge in [0.1, 0.15) is 12.7 Å². The lowest BCUT2D eigenvalue weighted by atomic mass is 10.4. The van der Waals surface area contributed by atoms with Crippen molar-refractivity contribution in [3.63, 3.8) is 0 Å². The van der Waals surface area contributed by atoms with Gasteiger partial charge >= 0.3 is 5.97 Å². The normalized spacial score (nSPS) is 13.1. The lowest BCUT2D eigenvalue weighted by Crippen LogP contribution is -2.35. The van der Waals surface area contributed by atoms with Crippen LogP contribution in [0.3, 0.4) is 0 Å². The van der Waals surface area contributed by atoms with E-state index in [9.17, 15) is 4.79 Å². The number of nitriles is 1. The summed E-state index contributed by atoms with van der Waals surface area (Å²) in [5, 5.41) is 8.24. The van der Waals surface area contributed by atoms with Crippen LogP contribution in [0.1, 0.15) is 13.3 Å². The number of rotatable bonds is 5. The minimum atomic E-state index is -1.70. The highest BCUT2D eigenvalue weighted by atomic mass is 28.4. The Labute approximate surface area is 85.9 Å². The van der Waals surface area contributed by atoms with Gasteiger partial charge in [-0.3, -0.25) is 0 Å². The van der Waals surface area contributed by atoms with Crippen LogP contribution in [0.5, 0.6) is 0 Å². The number of carbonyl (C=O) groups excluding carboxylic acids is 1. The fourth-order valence-electron chi connectivity index (χ4n) is 0.893. The minimum Gasteiger partial charge on any atom is -0.463 e. The highest BCUT2D eigenvalue weighted by Gasteiger charge is 2.23. The summed E-state index contributed by atoms with van der Waals surface area (Å²) < 4.78 is 10.3. The molecule has 0 N–H and O–H groups in total. The maximum Gasteiger partial charge on any atom is 0.333 e. The van der Waals surface area contributed by atoms with E-state index in [0.717, 1.165) is 0 Å². The van der Waals surface area contributed by atoms with Crippen LogP contribution in [0, 0.1) is 11.3 Å². The molecule has 0 saturated heterocycles. The van der Waals surface area contributed by atoms with E-state index in [2.05, 4.69) is 0 Å². The number of hydrogen-bond donors (Lipinski definition) is 0. The largest absolute Gasteiger partial charge is 0.463 e. The molecule has 0 radical (unpaired) electrons. The van der Waals surface area contributed by atoms with Crippen LogP contribution >= 0.6 is 0 Å². The molecule has 1 unspecified atom stereocenters. The molecule has 0 heterocycles. The number of hydrogen-bond acceptors (Lipinski definition) is 4. The maximum atomic E-state index is 11.3. The summed E-state index contributed by atoms with van der Waals surface area (Å²) in [5.74, 6) is -0.386. The first kappa shape index (κ1) is 13.1. The van der Waals surface area contributed by atoms with E-state index in [-0.39, 0.29) is 19.0 Å². The Bertz CT molecular complexity index is 229. The van der Waals surface area contributed by atoms with E-state index < -0.39 is 14.4 Å². The second kappa shape index (κ2) is 5.78. The van der Waals surface area contributed by atoms with Gasteiger partial charge in [0.25, 0.3) is 0 Å². The zero-order chi connectivity index (χ0) is 11.2. The molecule has 0 aromatic heterocycles. The number of ether oxygens (including phenoxy) is 1. The third-order valence-electron chi connectivity index (χ3n) is 1.32. The monoisotopic (exact) mass is 215 g/mol. The summed E-state index contributed by atoms with van der Waals surface area (Å²) in [6.07, 6.45) is -0.300. The van der Waals surface area contributed by atoms with Gasteiger partial charge in [0, 0.05) is 0 Å². The van der Waals surface area contributed by atoms with Crippen molar-refractivity contribution >= 4 is 14.3 Å². The Morgan fingerprint density at radius 2 is 2.07 bits per heavy atom. The molecule has 0 spiro atoms. The molecule has 4 nitrogen and oxygen atoms in total. The summed E-state index contributed by atoms with van der Waals surface area (Å²) in [7, 11) is -1.70. The van der Waals surface area contributed by atoms with Gasteiger partial charge < -0.3 is 9.16 Å². The van der Waals surface area contributed by atoms with Crippen LogP contribution in [0.25, 0.3) is 0 Å². The lowest BCUT2D eigenvalue weighted by molar-refractivity contribution is -0.151. The molecule has 0 aromatic rings. The summed E-state index contributed by atoms with van der Waals surface area (Å²) in [6, 6.07) is 1.90. The topological polar surface area (TPSA) is 59.3 Å². The highest BCUT2D eigenvalue weighted by molar-refractivity contribution is 6.69. The second-order valence-corrected chi connectivity index (χ2v) is 8.41. The molecule has 0 saturated carbocycles. The second-order valence-electron chi connectivity index (χ2n) is 3.95. The Morgan fingerprint density at radius 1 is 1.50 bits per heavy atom. The predicted octanol–water partition coefficient (Wildman–Crippen LogP) is 1.68. The molecule has 0 rings (SSSR count). The van der Waals surface area contributed by atoms with Crippen LogP contribution < -0.4 is 0 Å². The Balaban J connectivity index is 3.84. The van der Waals surface area contributed by atoms with Gasteiger partial charge in [-0.1, -0.05) is 0 Å². The molecule has 0 amide bonds. The van der Waals surface area contributed by atoms with Crippen molar-refractivity contribution in [1.29, 1.82) is 5.26 Å². The third-order valence-corrected chi connectivity index (χ3v) is 2.38. The molecule has 0 aliphatic heterocycles. The van der Waals surface area contributed by atoms with E-state index in [0.29, 0.717) is 0 Å². The van der Waals surface area contributed by atoms with Crippen LogP contribution in [-0.2, 0) is 14.0 Å². The molecule has 0 aliphatic carbocycles. The van der Waals surface area contributed by atoms with E-state index in [1.807, 2.05) is 25.7 Å². The van der Waals surface area contributed by atoms with Crippen molar-refractivity contribution in [2.24, 2.45) is 0 Å². The van der Waals surface area contributed by atoms with Gasteiger partial charge in [0.2, 0.25) is 0 Å². The molecular weight excluding hydrogens is 198 g/mol. The Morgan fingerprint density at radius 3 is 2.50 bits per heavy atom. The first-order valence-electron chi connectivity index (χ1n) is 4.58. The van der Waals surface area contributed by atoms with Gasteiger partial charge in [-0.25, -0.2) is 4.79 Å². The minimum absolute atomic E-state index is 0.148. The summed E-state index contributed by atoms with van der Waals surface area (Å²) in [6.45, 7) is 7.84. The molecule has 0 aliphatic rings. The fraction of sp³-hybridized carbons (Fsp3) is 0.778. The highest BCUT2D eigenvalue weighted by Crippen LogP contribution is 2.08. The van der Waals surface area contributed by atoms with Crippen LogP contribution in [-0.4, -0.2) is 27.0 Å². The lowest BCUT2D eigenvalue weighted by Gasteiger charge is -2.21. The van der Waals surface area contributed by atoms with Crippen LogP contribution in [0.15, 0.2) is 0 Å². The van der Waals surface area contributed by atoms with Gasteiger partial charge in [0.05, 0.1) is 12.5 Å². The first-order chi connectivity index (χ1) is 6.37. The Kier molecular flexibility index (Phi) is 5.42. The van der Waals surface area contributed by atoms with Gasteiger partial charge in [-0.2, -0.15) is 5.26 Å². The summed E-state index contributed by atoms with van der Waals surface area (Å²) in [5.41, 5.74) is 0. The van der Waals surface area contributed by atoms with Crippen molar-refractivity contribution < 1.29 is 14.0 Å². The summed E-state index contributed by atoms with van der Waals surface area (Å²) >= 11 is 0. The smallest absolute Gasteiger partial charge is 0.333 e. The number of nitrogens with zero attached hydrogens (tertiary/aromatic N) is 1. The molecule has 80 valence electrons. The molecule has 1 atom stereocenters. The quantitative estimate of drug-likeness (QED) is 0.398. The van der Waals surface area contributed by atoms with Crippen molar-refractivity contribution in [2.45, 2.75) is 39.1 Å². The van der Waals surface area contributed by atoms with Gasteiger partial charge in [-0.15, -0.1) is 0 Å². The van der Waals surface area contributed by atoms with Crippen LogP contribution in [0.2, 0.25) is 19.6 Å². The molecule has 14 heavy (non-hydrogen) atoms. The third kappa shape index (κ3) is 6.63. The zero-order valence-electron chi connectivity index (χ0n) is 9.16. The van der Waals surface area contributed by atoms with Gasteiger partial charge in [-0.05, 0) is 26.6 Å². The van der Waals surface area contributed by atoms with E-state index in [4.69, 9.17) is 14.4 Å². The van der Waals surface area contributed by atoms with Crippen molar-refractivity contribution in [3.05, 3.63) is 0 Å². The Hall–Kier alpha value is -0.863. The van der Waals surface area contributed by atoms with E-state index in [1.54, 1.807) is 6.92 Å². The SMILES string of the molecule is CC(O[Si](C)(C)C)C(=O)OCCC#N. The van der Waals surface area contributed by atoms with Crippen molar-refractivity contribution in [1.82, 2.24) is 0 Å². The van der Waals surface area contributed by atoms with Crippen molar-refractivity contribution in [2.75, 3.05) is 6.61 Å². The molecule has 5 heteroatoms. The molecule has 0 aromatic carbocycles. The fourth-order valence-corrected chi connectivity index (χ4v) is 2.05. The van der Waals surface area contributed by atoms with E-state index >= 15 is 0 Å². The average Bonchev–Trinajstić information content (AvgIpc) is 2.01. The first-order valence-corrected chi connectivity index (χ1v) is 7.99. The standard InChI is InChI=1S/C9H17NO3Si/c1-8(13-14(2,3)4)9(11)12-7-5-6-10/h8H,5,7H2,1-4H3. The number of esters is 1. The molecular formula is C9H17NO3Si. The zero-order valence-corrected chi connectivity index (χ0v) is 10.2. The molecule has 0 fully saturated rings. The van der Waals surface area contributed by atoms with Gasteiger partial charge in [0.15, 0.2) is 8.32 Å². The average molecular weight is 215 g/mol. The van der Waals surface area contributed by atoms with E-state index in [1.165, 1.54) is 0 Å².